The number of nitrogens with zero attached hydrogens (tertiary/aromatic N) is 1. The van der Waals surface area contributed by atoms with Crippen molar-refractivity contribution in [1.29, 1.82) is 0 Å². The quantitative estimate of drug-likeness (QED) is 0.873. The summed E-state index contributed by atoms with van der Waals surface area (Å²) in [7, 11) is 0. The molecule has 0 saturated carbocycles. The molecule has 28 heavy (non-hydrogen) atoms. The summed E-state index contributed by atoms with van der Waals surface area (Å²) in [5.74, 6) is 0.554. The van der Waals surface area contributed by atoms with Gasteiger partial charge in [0.25, 0.3) is 5.91 Å². The number of rotatable bonds is 2. The molecule has 1 amide bonds. The van der Waals surface area contributed by atoms with Crippen LogP contribution in [0.15, 0.2) is 42.5 Å². The smallest absolute Gasteiger partial charge is 0.257 e. The maximum absolute atomic E-state index is 12.6. The third-order valence-electron chi connectivity index (χ3n) is 6.58. The van der Waals surface area contributed by atoms with Crippen molar-refractivity contribution in [3.63, 3.8) is 0 Å². The van der Waals surface area contributed by atoms with E-state index in [-0.39, 0.29) is 17.4 Å². The van der Waals surface area contributed by atoms with Gasteiger partial charge in [-0.25, -0.2) is 0 Å². The van der Waals surface area contributed by atoms with Crippen LogP contribution in [0.2, 0.25) is 0 Å². The van der Waals surface area contributed by atoms with Crippen LogP contribution in [-0.4, -0.2) is 30.4 Å². The van der Waals surface area contributed by atoms with E-state index in [1.165, 1.54) is 22.3 Å². The number of carbonyl (C=O) groups is 1. The van der Waals surface area contributed by atoms with Gasteiger partial charge < -0.3 is 14.5 Å². The maximum atomic E-state index is 12.6. The molecule has 2 bridgehead atoms. The van der Waals surface area contributed by atoms with E-state index >= 15 is 0 Å². The number of likely N-dealkylation sites (tertiary alicyclic amines) is 1. The van der Waals surface area contributed by atoms with Gasteiger partial charge in [-0.3, -0.25) is 4.79 Å². The molecule has 0 aromatic heterocycles. The first kappa shape index (κ1) is 17.7. The Morgan fingerprint density at radius 3 is 2.82 bits per heavy atom. The van der Waals surface area contributed by atoms with Crippen molar-refractivity contribution in [1.82, 2.24) is 10.4 Å². The summed E-state index contributed by atoms with van der Waals surface area (Å²) in [4.78, 5) is 20.5. The minimum Gasteiger partial charge on any atom is -0.380 e. The molecular formula is C23H26N2O3. The molecule has 0 radical (unpaired) electrons. The van der Waals surface area contributed by atoms with E-state index in [4.69, 9.17) is 9.57 Å². The normalized spacial score (nSPS) is 23.5. The maximum Gasteiger partial charge on any atom is 0.257 e. The van der Waals surface area contributed by atoms with E-state index in [0.29, 0.717) is 12.4 Å². The number of ether oxygens (including phenoxy) is 1. The molecule has 3 aliphatic heterocycles. The average Bonchev–Trinajstić information content (AvgIpc) is 3.07. The Morgan fingerprint density at radius 2 is 1.96 bits per heavy atom. The zero-order valence-corrected chi connectivity index (χ0v) is 16.2. The monoisotopic (exact) mass is 378 g/mol. The number of amides is 1. The summed E-state index contributed by atoms with van der Waals surface area (Å²) in [6.45, 7) is 5.44. The number of aryl methyl sites for hydroxylation is 1. The van der Waals surface area contributed by atoms with Crippen LogP contribution in [0.1, 0.15) is 35.1 Å². The molecule has 3 heterocycles. The van der Waals surface area contributed by atoms with Gasteiger partial charge in [0.05, 0.1) is 18.1 Å². The molecule has 1 spiro atoms. The van der Waals surface area contributed by atoms with Crippen molar-refractivity contribution in [2.24, 2.45) is 5.92 Å². The third kappa shape index (κ3) is 3.09. The van der Waals surface area contributed by atoms with Crippen LogP contribution < -0.4 is 10.3 Å². The number of piperidine rings is 1. The number of nitrogens with one attached hydrogen (secondary N) is 1. The van der Waals surface area contributed by atoms with E-state index in [2.05, 4.69) is 47.6 Å². The lowest BCUT2D eigenvalue weighted by Gasteiger charge is -2.40. The predicted molar refractivity (Wildman–Crippen MR) is 106 cm³/mol. The molecule has 5 nitrogen and oxygen atoms in total. The average molecular weight is 378 g/mol. The zero-order valence-electron chi connectivity index (χ0n) is 16.2. The van der Waals surface area contributed by atoms with Gasteiger partial charge >= 0.3 is 0 Å². The molecule has 0 aliphatic carbocycles. The molecule has 1 N–H and O–H groups in total. The molecule has 1 fully saturated rings. The molecule has 1 atom stereocenters. The Bertz CT molecular complexity index is 902. The van der Waals surface area contributed by atoms with Gasteiger partial charge in [-0.2, -0.15) is 5.48 Å². The second-order valence-electron chi connectivity index (χ2n) is 8.30. The van der Waals surface area contributed by atoms with Crippen molar-refractivity contribution in [3.8, 4) is 5.75 Å². The Kier molecular flexibility index (Phi) is 4.37. The van der Waals surface area contributed by atoms with Crippen LogP contribution in [-0.2, 0) is 28.2 Å². The van der Waals surface area contributed by atoms with Crippen molar-refractivity contribution in [2.45, 2.75) is 38.4 Å². The number of carbonyl (C=O) groups excluding carboxylic acids is 1. The van der Waals surface area contributed by atoms with Crippen molar-refractivity contribution < 1.29 is 14.4 Å². The highest BCUT2D eigenvalue weighted by Crippen LogP contribution is 2.44. The van der Waals surface area contributed by atoms with Gasteiger partial charge in [0.1, 0.15) is 0 Å². The minimum absolute atomic E-state index is 0.0334. The van der Waals surface area contributed by atoms with Crippen LogP contribution >= 0.6 is 0 Å². The Labute approximate surface area is 165 Å². The van der Waals surface area contributed by atoms with Crippen molar-refractivity contribution >= 4 is 5.91 Å². The highest BCUT2D eigenvalue weighted by molar-refractivity contribution is 5.78. The Balaban J connectivity index is 1.28. The van der Waals surface area contributed by atoms with Gasteiger partial charge in [-0.05, 0) is 60.6 Å². The van der Waals surface area contributed by atoms with E-state index < -0.39 is 0 Å². The lowest BCUT2D eigenvalue weighted by Crippen LogP contribution is -2.47. The van der Waals surface area contributed by atoms with Crippen LogP contribution in [0.5, 0.6) is 5.75 Å². The first-order valence-electron chi connectivity index (χ1n) is 10.1. The number of hydrogen-bond donors (Lipinski definition) is 1. The fourth-order valence-electron chi connectivity index (χ4n) is 4.84. The summed E-state index contributed by atoms with van der Waals surface area (Å²) in [5, 5.41) is 0. The van der Waals surface area contributed by atoms with Crippen LogP contribution in [0.4, 0.5) is 0 Å². The van der Waals surface area contributed by atoms with Gasteiger partial charge in [-0.15, -0.1) is 0 Å². The standard InChI is InChI=1S/C23H26N2O3/c1-16-6-7-20-13-18(16)12-19(22(26)24-28-20)14-25-10-8-23(9-11-25)21-5-3-2-4-17(21)15-27-23/h2-7,13,19H,8-12,14-15H2,1H3,(H,24,26). The Hall–Kier alpha value is -2.37. The topological polar surface area (TPSA) is 50.8 Å². The molecule has 3 aliphatic rings. The molecule has 5 heteroatoms. The largest absolute Gasteiger partial charge is 0.380 e. The van der Waals surface area contributed by atoms with E-state index in [1.54, 1.807) is 0 Å². The highest BCUT2D eigenvalue weighted by atomic mass is 16.7. The molecular weight excluding hydrogens is 352 g/mol. The second-order valence-corrected chi connectivity index (χ2v) is 8.30. The summed E-state index contributed by atoms with van der Waals surface area (Å²) < 4.78 is 6.27. The molecule has 146 valence electrons. The summed E-state index contributed by atoms with van der Waals surface area (Å²) in [6, 6.07) is 14.6. The van der Waals surface area contributed by atoms with Crippen molar-refractivity contribution in [2.75, 3.05) is 19.6 Å². The van der Waals surface area contributed by atoms with Gasteiger partial charge in [-0.1, -0.05) is 30.3 Å². The highest BCUT2D eigenvalue weighted by Gasteiger charge is 2.42. The number of benzene rings is 2. The lowest BCUT2D eigenvalue weighted by molar-refractivity contribution is -0.133. The summed E-state index contributed by atoms with van der Waals surface area (Å²) >= 11 is 0. The molecule has 1 saturated heterocycles. The molecule has 5 rings (SSSR count). The molecule has 1 unspecified atom stereocenters. The molecule has 2 aromatic carbocycles. The van der Waals surface area contributed by atoms with Gasteiger partial charge in [0, 0.05) is 19.6 Å². The first-order chi connectivity index (χ1) is 13.6. The minimum atomic E-state index is -0.135. The van der Waals surface area contributed by atoms with Crippen LogP contribution in [0, 0.1) is 12.8 Å². The van der Waals surface area contributed by atoms with E-state index in [0.717, 1.165) is 38.9 Å². The Morgan fingerprint density at radius 1 is 1.14 bits per heavy atom. The van der Waals surface area contributed by atoms with Crippen LogP contribution in [0.25, 0.3) is 0 Å². The summed E-state index contributed by atoms with van der Waals surface area (Å²) in [6.07, 6.45) is 2.70. The molecule has 2 aromatic rings. The SMILES string of the molecule is Cc1ccc2cc1CC(CN1CCC3(CC1)OCc1ccccc13)C(=O)NO2. The van der Waals surface area contributed by atoms with Gasteiger partial charge in [0.2, 0.25) is 0 Å². The summed E-state index contributed by atoms with van der Waals surface area (Å²) in [5.41, 5.74) is 7.57. The van der Waals surface area contributed by atoms with Crippen LogP contribution in [0.3, 0.4) is 0 Å². The predicted octanol–water partition coefficient (Wildman–Crippen LogP) is 3.10. The van der Waals surface area contributed by atoms with E-state index in [1.807, 2.05) is 12.1 Å². The second kappa shape index (κ2) is 6.90. The number of hydroxylamine groups is 1. The lowest BCUT2D eigenvalue weighted by atomic mass is 9.83. The van der Waals surface area contributed by atoms with E-state index in [9.17, 15) is 4.79 Å². The van der Waals surface area contributed by atoms with Crippen molar-refractivity contribution in [3.05, 3.63) is 64.7 Å². The number of hydrogen-bond acceptors (Lipinski definition) is 4. The fraction of sp³-hybridized carbons (Fsp3) is 0.435. The fourth-order valence-corrected chi connectivity index (χ4v) is 4.84. The van der Waals surface area contributed by atoms with Gasteiger partial charge in [0.15, 0.2) is 5.75 Å². The number of fused-ring (bicyclic) bond motifs is 4. The first-order valence-corrected chi connectivity index (χ1v) is 10.1. The zero-order chi connectivity index (χ0) is 19.1. The third-order valence-corrected chi connectivity index (χ3v) is 6.58.